The lowest BCUT2D eigenvalue weighted by atomic mass is 10.2. The summed E-state index contributed by atoms with van der Waals surface area (Å²) in [6.07, 6.45) is 2.02. The second-order valence-corrected chi connectivity index (χ2v) is 9.60. The number of anilines is 1. The molecule has 0 aliphatic carbocycles. The zero-order valence-electron chi connectivity index (χ0n) is 18.2. The minimum absolute atomic E-state index is 0.00957. The maximum Gasteiger partial charge on any atom is 0.264 e. The number of halogens is 1. The number of nitrogens with zero attached hydrogens (tertiary/aromatic N) is 3. The van der Waals surface area contributed by atoms with Gasteiger partial charge in [0.1, 0.15) is 12.7 Å². The number of benzene rings is 2. The lowest BCUT2D eigenvalue weighted by Crippen LogP contribution is -2.24. The molecule has 2 aromatic carbocycles. The Morgan fingerprint density at radius 1 is 1.12 bits per heavy atom. The van der Waals surface area contributed by atoms with Crippen LogP contribution in [0.2, 0.25) is 5.02 Å². The Morgan fingerprint density at radius 3 is 2.45 bits per heavy atom. The van der Waals surface area contributed by atoms with Gasteiger partial charge in [-0.25, -0.2) is 4.68 Å². The lowest BCUT2D eigenvalue weighted by molar-refractivity contribution is 0.0996. The highest BCUT2D eigenvalue weighted by molar-refractivity contribution is 7.86. The number of carbonyl (C=O) groups excluding carboxylic acids is 1. The second-order valence-electron chi connectivity index (χ2n) is 7.56. The molecule has 0 radical (unpaired) electrons. The van der Waals surface area contributed by atoms with E-state index in [0.29, 0.717) is 40.0 Å². The number of amides is 1. The number of aromatic nitrogens is 2. The van der Waals surface area contributed by atoms with Crippen LogP contribution in [0.15, 0.2) is 48.7 Å². The Morgan fingerprint density at radius 2 is 1.82 bits per heavy atom. The van der Waals surface area contributed by atoms with Gasteiger partial charge in [0.05, 0.1) is 36.9 Å². The van der Waals surface area contributed by atoms with Crippen LogP contribution < -0.4 is 14.4 Å². The summed E-state index contributed by atoms with van der Waals surface area (Å²) in [5, 5.41) is 5.17. The molecule has 0 N–H and O–H groups in total. The van der Waals surface area contributed by atoms with E-state index >= 15 is 0 Å². The highest BCUT2D eigenvalue weighted by Crippen LogP contribution is 2.35. The van der Waals surface area contributed by atoms with Crippen molar-refractivity contribution in [2.75, 3.05) is 24.9 Å². The molecule has 33 heavy (non-hydrogen) atoms. The molecule has 0 saturated carbocycles. The van der Waals surface area contributed by atoms with Crippen LogP contribution in [0, 0.1) is 0 Å². The molecule has 1 aliphatic heterocycles. The molecule has 2 heterocycles. The zero-order valence-corrected chi connectivity index (χ0v) is 19.8. The van der Waals surface area contributed by atoms with Crippen LogP contribution in [0.3, 0.4) is 0 Å². The Kier molecular flexibility index (Phi) is 6.33. The Bertz CT molecular complexity index is 1290. The third-order valence-electron chi connectivity index (χ3n) is 4.94. The fourth-order valence-electron chi connectivity index (χ4n) is 3.48. The van der Waals surface area contributed by atoms with Gasteiger partial charge in [-0.05, 0) is 43.3 Å². The summed E-state index contributed by atoms with van der Waals surface area (Å²) in [6, 6.07) is 12.3. The number of carbonyl (C=O) groups is 1. The lowest BCUT2D eigenvalue weighted by Gasteiger charge is -2.19. The first-order valence-electron chi connectivity index (χ1n) is 10.00. The number of hydrogen-bond acceptors (Lipinski definition) is 7. The molecule has 3 aromatic rings. The van der Waals surface area contributed by atoms with E-state index in [1.807, 2.05) is 12.1 Å². The quantitative estimate of drug-likeness (QED) is 0.445. The first kappa shape index (κ1) is 23.1. The number of rotatable bonds is 8. The number of ether oxygens (including phenoxy) is 2. The van der Waals surface area contributed by atoms with Crippen LogP contribution in [0.1, 0.15) is 23.0 Å². The molecular weight excluding hydrogens is 470 g/mol. The van der Waals surface area contributed by atoms with Crippen LogP contribution in [0.4, 0.5) is 5.69 Å². The fourth-order valence-corrected chi connectivity index (χ4v) is 4.26. The third kappa shape index (κ3) is 5.13. The first-order chi connectivity index (χ1) is 15.6. The van der Waals surface area contributed by atoms with Gasteiger partial charge in [0.25, 0.3) is 16.0 Å². The molecule has 1 amide bonds. The Balaban J connectivity index is 1.49. The maximum absolute atomic E-state index is 13.0. The number of fused-ring (bicyclic) bond motifs is 1. The average molecular weight is 492 g/mol. The molecule has 0 fully saturated rings. The van der Waals surface area contributed by atoms with Gasteiger partial charge in [-0.15, -0.1) is 0 Å². The van der Waals surface area contributed by atoms with Crippen LogP contribution in [0.25, 0.3) is 5.69 Å². The Hall–Kier alpha value is -3.08. The molecule has 174 valence electrons. The SMILES string of the molecule is COc1cc(N2Cc3nn(-c4ccc(Cl)cc4)cc3C2=O)ccc1OCC(C)OS(C)(=O)=O. The van der Waals surface area contributed by atoms with Gasteiger partial charge in [0.2, 0.25) is 0 Å². The molecule has 1 aliphatic rings. The van der Waals surface area contributed by atoms with E-state index in [9.17, 15) is 13.2 Å². The molecule has 1 aromatic heterocycles. The molecule has 0 spiro atoms. The molecule has 0 saturated heterocycles. The van der Waals surface area contributed by atoms with Crippen molar-refractivity contribution in [3.63, 3.8) is 0 Å². The van der Waals surface area contributed by atoms with Crippen molar-refractivity contribution in [2.24, 2.45) is 0 Å². The largest absolute Gasteiger partial charge is 0.493 e. The van der Waals surface area contributed by atoms with Gasteiger partial charge in [-0.3, -0.25) is 8.98 Å². The molecule has 0 bridgehead atoms. The molecule has 1 atom stereocenters. The fraction of sp³-hybridized carbons (Fsp3) is 0.273. The van der Waals surface area contributed by atoms with Crippen molar-refractivity contribution in [1.82, 2.24) is 9.78 Å². The van der Waals surface area contributed by atoms with Crippen LogP contribution >= 0.6 is 11.6 Å². The smallest absolute Gasteiger partial charge is 0.264 e. The van der Waals surface area contributed by atoms with E-state index < -0.39 is 16.2 Å². The standard InChI is InChI=1S/C22H22ClN3O6S/c1-14(32-33(3,28)29)13-31-20-9-8-17(10-21(20)30-2)25-12-19-18(22(25)27)11-26(24-19)16-6-4-15(23)5-7-16/h4-11,14H,12-13H2,1-3H3. The predicted octanol–water partition coefficient (Wildman–Crippen LogP) is 3.44. The summed E-state index contributed by atoms with van der Waals surface area (Å²) < 4.78 is 40.1. The average Bonchev–Trinajstić information content (AvgIpc) is 3.31. The normalized spacial score (nSPS) is 14.3. The molecule has 1 unspecified atom stereocenters. The topological polar surface area (TPSA) is 100.0 Å². The van der Waals surface area contributed by atoms with Crippen molar-refractivity contribution in [2.45, 2.75) is 19.6 Å². The van der Waals surface area contributed by atoms with Gasteiger partial charge in [0.15, 0.2) is 11.5 Å². The van der Waals surface area contributed by atoms with Gasteiger partial charge >= 0.3 is 0 Å². The Labute approximate surface area is 196 Å². The van der Waals surface area contributed by atoms with Crippen LogP contribution in [0.5, 0.6) is 11.5 Å². The first-order valence-corrected chi connectivity index (χ1v) is 12.2. The minimum Gasteiger partial charge on any atom is -0.493 e. The van der Waals surface area contributed by atoms with Crippen molar-refractivity contribution >= 4 is 33.3 Å². The third-order valence-corrected chi connectivity index (χ3v) is 5.87. The van der Waals surface area contributed by atoms with Crippen LogP contribution in [-0.4, -0.2) is 50.2 Å². The highest BCUT2D eigenvalue weighted by atomic mass is 35.5. The van der Waals surface area contributed by atoms with E-state index in [4.69, 9.17) is 25.3 Å². The van der Waals surface area contributed by atoms with E-state index in [1.165, 1.54) is 7.11 Å². The van der Waals surface area contributed by atoms with Crippen molar-refractivity contribution in [1.29, 1.82) is 0 Å². The van der Waals surface area contributed by atoms with Crippen molar-refractivity contribution in [3.8, 4) is 17.2 Å². The van der Waals surface area contributed by atoms with E-state index in [2.05, 4.69) is 5.10 Å². The summed E-state index contributed by atoms with van der Waals surface area (Å²) in [6.45, 7) is 1.92. The van der Waals surface area contributed by atoms with Crippen molar-refractivity contribution < 1.29 is 26.9 Å². The minimum atomic E-state index is -3.58. The second kappa shape index (κ2) is 9.05. The number of hydrogen-bond donors (Lipinski definition) is 0. The van der Waals surface area contributed by atoms with E-state index in [1.54, 1.807) is 53.0 Å². The highest BCUT2D eigenvalue weighted by Gasteiger charge is 2.32. The summed E-state index contributed by atoms with van der Waals surface area (Å²) >= 11 is 5.94. The van der Waals surface area contributed by atoms with Gasteiger partial charge < -0.3 is 14.4 Å². The molecule has 4 rings (SSSR count). The predicted molar refractivity (Wildman–Crippen MR) is 123 cm³/mol. The van der Waals surface area contributed by atoms with Gasteiger partial charge in [-0.2, -0.15) is 13.5 Å². The monoisotopic (exact) mass is 491 g/mol. The van der Waals surface area contributed by atoms with Gasteiger partial charge in [0, 0.05) is 23.0 Å². The zero-order chi connectivity index (χ0) is 23.8. The summed E-state index contributed by atoms with van der Waals surface area (Å²) in [7, 11) is -2.09. The van der Waals surface area contributed by atoms with Crippen molar-refractivity contribution in [3.05, 3.63) is 64.9 Å². The summed E-state index contributed by atoms with van der Waals surface area (Å²) in [5.41, 5.74) is 2.63. The van der Waals surface area contributed by atoms with Gasteiger partial charge in [-0.1, -0.05) is 11.6 Å². The van der Waals surface area contributed by atoms with Crippen LogP contribution in [-0.2, 0) is 20.8 Å². The van der Waals surface area contributed by atoms with E-state index in [0.717, 1.165) is 11.9 Å². The van der Waals surface area contributed by atoms with E-state index in [-0.39, 0.29) is 12.5 Å². The summed E-state index contributed by atoms with van der Waals surface area (Å²) in [4.78, 5) is 14.6. The number of methoxy groups -OCH3 is 1. The molecule has 9 nitrogen and oxygen atoms in total. The molecule has 11 heteroatoms. The maximum atomic E-state index is 13.0. The summed E-state index contributed by atoms with van der Waals surface area (Å²) in [5.74, 6) is 0.640. The molecular formula is C22H22ClN3O6S.